The Kier molecular flexibility index (Phi) is 12.0. The van der Waals surface area contributed by atoms with Gasteiger partial charge in [-0.05, 0) is 99.4 Å². The summed E-state index contributed by atoms with van der Waals surface area (Å²) in [6.45, 7) is 18.4. The molecule has 1 aliphatic heterocycles. The number of halogens is 1. The maximum absolute atomic E-state index is 17.6. The maximum atomic E-state index is 17.6. The quantitative estimate of drug-likeness (QED) is 0.139. The highest BCUT2D eigenvalue weighted by Gasteiger charge is 2.67. The third kappa shape index (κ3) is 7.95. The van der Waals surface area contributed by atoms with Crippen molar-refractivity contribution < 1.29 is 47.0 Å². The highest BCUT2D eigenvalue weighted by Crippen LogP contribution is 2.59. The number of aliphatic hydroxyl groups is 1. The van der Waals surface area contributed by atoms with Crippen molar-refractivity contribution in [2.24, 2.45) is 11.8 Å². The molecule has 1 unspecified atom stereocenters. The monoisotopic (exact) mass is 893 g/mol. The zero-order valence-corrected chi connectivity index (χ0v) is 39.3. The van der Waals surface area contributed by atoms with Crippen LogP contribution in [0, 0.1) is 17.7 Å². The average Bonchev–Trinajstić information content (AvgIpc) is 3.90. The fourth-order valence-corrected chi connectivity index (χ4v) is 11.1. The lowest BCUT2D eigenvalue weighted by Crippen LogP contribution is -2.65. The second-order valence-electron chi connectivity index (χ2n) is 20.0. The number of carbonyl (C=O) groups is 3. The summed E-state index contributed by atoms with van der Waals surface area (Å²) in [5.74, 6) is -3.56. The molecule has 1 fully saturated rings. The van der Waals surface area contributed by atoms with E-state index in [1.807, 2.05) is 101 Å². The van der Waals surface area contributed by atoms with Crippen LogP contribution in [-0.4, -0.2) is 65.4 Å². The number of fused-ring (bicyclic) bond motifs is 4. The number of ether oxygens (including phenoxy) is 3. The van der Waals surface area contributed by atoms with Gasteiger partial charge in [-0.25, -0.2) is 9.18 Å². The Labute approximate surface area is 375 Å². The van der Waals surface area contributed by atoms with Crippen molar-refractivity contribution in [1.82, 2.24) is 15.4 Å². The van der Waals surface area contributed by atoms with Crippen molar-refractivity contribution in [3.05, 3.63) is 123 Å². The fraction of sp³-hybridized carbons (Fsp3) is 0.480. The topological polar surface area (TPSA) is 150 Å². The highest BCUT2D eigenvalue weighted by atomic mass is 28.4. The van der Waals surface area contributed by atoms with Crippen molar-refractivity contribution >= 4 is 26.0 Å². The molecule has 1 aromatic heterocycles. The van der Waals surface area contributed by atoms with Gasteiger partial charge in [0.25, 0.3) is 5.88 Å². The van der Waals surface area contributed by atoms with Crippen LogP contribution in [0.25, 0.3) is 0 Å². The Bertz CT molecular complexity index is 2470. The van der Waals surface area contributed by atoms with Crippen LogP contribution in [0.4, 0.5) is 9.18 Å². The van der Waals surface area contributed by atoms with E-state index < -0.39 is 77.7 Å². The van der Waals surface area contributed by atoms with Gasteiger partial charge in [0, 0.05) is 29.2 Å². The first-order valence-electron chi connectivity index (χ1n) is 22.4. The summed E-state index contributed by atoms with van der Waals surface area (Å²) in [5, 5.41) is 20.5. The Morgan fingerprint density at radius 1 is 0.984 bits per heavy atom. The number of carbonyl (C=O) groups excluding carboxylic acids is 3. The summed E-state index contributed by atoms with van der Waals surface area (Å²) >= 11 is 0. The van der Waals surface area contributed by atoms with E-state index in [2.05, 4.69) is 10.5 Å². The van der Waals surface area contributed by atoms with Crippen LogP contribution >= 0.6 is 0 Å². The molecule has 8 rings (SSSR count). The number of aliphatic hydroxyl groups excluding tert-OH is 1. The molecule has 2 N–H and O–H groups in total. The largest absolute Gasteiger partial charge is 0.508 e. The van der Waals surface area contributed by atoms with Crippen LogP contribution in [0.15, 0.2) is 82.6 Å². The third-order valence-electron chi connectivity index (χ3n) is 13.6. The zero-order valence-electron chi connectivity index (χ0n) is 38.3. The minimum atomic E-state index is -2.98. The molecule has 3 aliphatic carbocycles. The van der Waals surface area contributed by atoms with E-state index in [1.165, 1.54) is 6.07 Å². The first-order valence-corrected chi connectivity index (χ1v) is 25.3. The summed E-state index contributed by atoms with van der Waals surface area (Å²) in [6, 6.07) is 19.0. The third-order valence-corrected chi connectivity index (χ3v) is 18.1. The van der Waals surface area contributed by atoms with Crippen molar-refractivity contribution in [2.45, 2.75) is 129 Å². The van der Waals surface area contributed by atoms with Crippen LogP contribution in [0.5, 0.6) is 11.6 Å². The van der Waals surface area contributed by atoms with Crippen molar-refractivity contribution in [2.75, 3.05) is 13.1 Å². The van der Waals surface area contributed by atoms with E-state index in [4.69, 9.17) is 23.2 Å². The number of hydrogen-bond donors (Lipinski definition) is 2. The van der Waals surface area contributed by atoms with Crippen molar-refractivity contribution in [3.8, 4) is 11.6 Å². The van der Waals surface area contributed by atoms with Crippen LogP contribution < -0.4 is 14.8 Å². The molecule has 4 aliphatic rings. The fourth-order valence-electron chi connectivity index (χ4n) is 9.62. The van der Waals surface area contributed by atoms with Crippen LogP contribution in [-0.2, 0) is 28.8 Å². The second-order valence-corrected chi connectivity index (χ2v) is 24.8. The molecule has 0 bridgehead atoms. The zero-order chi connectivity index (χ0) is 45.9. The van der Waals surface area contributed by atoms with Gasteiger partial charge >= 0.3 is 6.09 Å². The van der Waals surface area contributed by atoms with Crippen LogP contribution in [0.2, 0.25) is 18.1 Å². The van der Waals surface area contributed by atoms with E-state index in [-0.39, 0.29) is 71.3 Å². The predicted octanol–water partition coefficient (Wildman–Crippen LogP) is 10.5. The Morgan fingerprint density at radius 3 is 2.23 bits per heavy atom. The number of amides is 1. The number of likely N-dealkylation sites (tertiary alicyclic amines) is 1. The highest BCUT2D eigenvalue weighted by molar-refractivity contribution is 6.74. The van der Waals surface area contributed by atoms with Gasteiger partial charge in [0.05, 0.1) is 17.6 Å². The molecule has 1 saturated heterocycles. The summed E-state index contributed by atoms with van der Waals surface area (Å²) in [6.07, 6.45) is 0.723. The first kappa shape index (κ1) is 45.3. The molecule has 2 heterocycles. The van der Waals surface area contributed by atoms with E-state index in [9.17, 15) is 9.90 Å². The molecule has 340 valence electrons. The standard InChI is InChI=1S/C50H60FN3O9Si/c1-10-52-41-34-25-31-24-33-38(36(59-27-29-18-13-11-14-19-29)26-32(40(33)51)35-22-17-23-54(35)47(58)61-48(2,3)4)42(55)37(31)44(56)50(34,63-64(8,9)49(5,6)7)45(57)39-43(41)62-53-46(39)60-28-30-20-15-12-16-21-30/h11-16,18-21,26,31,34-35,41,52,56H,10,17,22-25,27-28H2,1-9H3/t31-,34-,35?,41-,50-/m0/s1. The van der Waals surface area contributed by atoms with Gasteiger partial charge < -0.3 is 38.5 Å². The molecule has 3 aromatic carbocycles. The van der Waals surface area contributed by atoms with Gasteiger partial charge in [0.2, 0.25) is 5.78 Å². The molecule has 1 amide bonds. The van der Waals surface area contributed by atoms with E-state index in [1.54, 1.807) is 25.7 Å². The minimum Gasteiger partial charge on any atom is -0.508 e. The summed E-state index contributed by atoms with van der Waals surface area (Å²) in [5.41, 5.74) is -0.779. The lowest BCUT2D eigenvalue weighted by Gasteiger charge is -2.54. The Balaban J connectivity index is 1.30. The Morgan fingerprint density at radius 2 is 1.62 bits per heavy atom. The molecule has 5 atom stereocenters. The van der Waals surface area contributed by atoms with Crippen LogP contribution in [0.3, 0.4) is 0 Å². The molecule has 0 spiro atoms. The second kappa shape index (κ2) is 16.9. The number of nitrogens with zero attached hydrogens (tertiary/aromatic N) is 2. The van der Waals surface area contributed by atoms with Gasteiger partial charge in [-0.1, -0.05) is 88.4 Å². The molecule has 0 saturated carbocycles. The maximum Gasteiger partial charge on any atom is 0.410 e. The van der Waals surface area contributed by atoms with E-state index >= 15 is 14.0 Å². The van der Waals surface area contributed by atoms with Gasteiger partial charge in [-0.15, -0.1) is 0 Å². The van der Waals surface area contributed by atoms with Gasteiger partial charge in [-0.2, -0.15) is 0 Å². The van der Waals surface area contributed by atoms with Gasteiger partial charge in [0.15, 0.2) is 25.5 Å². The number of Topliss-reactive ketones (excluding diaryl/α,β-unsaturated/α-hetero) is 2. The molecule has 0 radical (unpaired) electrons. The molecular weight excluding hydrogens is 834 g/mol. The summed E-state index contributed by atoms with van der Waals surface area (Å²) in [4.78, 5) is 46.2. The van der Waals surface area contributed by atoms with Crippen LogP contribution in [0.1, 0.15) is 129 Å². The normalized spacial score (nSPS) is 23.3. The SMILES string of the molecule is CCN[C@@H]1c2onc(OCc3ccccc3)c2C(=O)[C@@]2(O[Si](C)(C)C(C)(C)C)C(O)=C3C(=O)c4c(OCc5ccccc5)cc(C5CCCN5C(=O)OC(C)(C)C)c(F)c4C[C@H]3C[C@@H]12. The smallest absolute Gasteiger partial charge is 0.410 e. The van der Waals surface area contributed by atoms with Crippen molar-refractivity contribution in [3.63, 3.8) is 0 Å². The first-order chi connectivity index (χ1) is 30.3. The van der Waals surface area contributed by atoms with Gasteiger partial charge in [-0.3, -0.25) is 9.59 Å². The number of benzene rings is 3. The molecule has 64 heavy (non-hydrogen) atoms. The van der Waals surface area contributed by atoms with E-state index in [0.29, 0.717) is 25.9 Å². The number of ketones is 2. The van der Waals surface area contributed by atoms with E-state index in [0.717, 1.165) is 11.1 Å². The van der Waals surface area contributed by atoms with Gasteiger partial charge in [0.1, 0.15) is 41.7 Å². The molecular formula is C50H60FN3O9Si. The minimum absolute atomic E-state index is 0.00863. The average molecular weight is 894 g/mol. The number of rotatable bonds is 11. The molecule has 4 aromatic rings. The molecule has 12 nitrogen and oxygen atoms in total. The summed E-state index contributed by atoms with van der Waals surface area (Å²) in [7, 11) is -2.98. The lowest BCUT2D eigenvalue weighted by atomic mass is 9.58. The lowest BCUT2D eigenvalue weighted by molar-refractivity contribution is -0.0321. The summed E-state index contributed by atoms with van der Waals surface area (Å²) < 4.78 is 49.3. The number of aromatic nitrogens is 1. The Hall–Kier alpha value is -5.31. The predicted molar refractivity (Wildman–Crippen MR) is 240 cm³/mol. The molecule has 14 heteroatoms. The number of allylic oxidation sites excluding steroid dienone is 1. The number of nitrogens with one attached hydrogen (secondary N) is 1. The van der Waals surface area contributed by atoms with Crippen molar-refractivity contribution in [1.29, 1.82) is 0 Å². The number of hydrogen-bond acceptors (Lipinski definition) is 11.